The van der Waals surface area contributed by atoms with Gasteiger partial charge < -0.3 is 10.4 Å². The molecule has 0 saturated heterocycles. The molecule has 2 rings (SSSR count). The van der Waals surface area contributed by atoms with Gasteiger partial charge in [-0.05, 0) is 49.9 Å². The number of amides is 1. The molecule has 2 N–H and O–H groups in total. The first-order valence-electron chi connectivity index (χ1n) is 7.64. The van der Waals surface area contributed by atoms with Crippen molar-refractivity contribution in [2.75, 3.05) is 6.54 Å². The third-order valence-corrected chi connectivity index (χ3v) is 4.99. The summed E-state index contributed by atoms with van der Waals surface area (Å²) in [5, 5.41) is 12.7. The van der Waals surface area contributed by atoms with Crippen LogP contribution in [0.2, 0.25) is 5.02 Å². The van der Waals surface area contributed by atoms with Crippen LogP contribution in [-0.4, -0.2) is 23.5 Å². The maximum absolute atomic E-state index is 12.3. The first kappa shape index (κ1) is 16.8. The zero-order chi connectivity index (χ0) is 16.3. The highest BCUT2D eigenvalue weighted by Crippen LogP contribution is 2.36. The zero-order valence-corrected chi connectivity index (χ0v) is 13.8. The Kier molecular flexibility index (Phi) is 5.12. The van der Waals surface area contributed by atoms with E-state index >= 15 is 0 Å². The van der Waals surface area contributed by atoms with Gasteiger partial charge in [-0.3, -0.25) is 9.59 Å². The summed E-state index contributed by atoms with van der Waals surface area (Å²) < 4.78 is 0. The summed E-state index contributed by atoms with van der Waals surface area (Å²) in [7, 11) is 0. The van der Waals surface area contributed by atoms with E-state index in [0.717, 1.165) is 30.4 Å². The lowest BCUT2D eigenvalue weighted by Gasteiger charge is -2.33. The number of nitrogens with one attached hydrogen (secondary N) is 1. The van der Waals surface area contributed by atoms with Crippen LogP contribution in [0.5, 0.6) is 0 Å². The van der Waals surface area contributed by atoms with Gasteiger partial charge in [0.05, 0.1) is 16.0 Å². The molecule has 1 aromatic carbocycles. The summed E-state index contributed by atoms with van der Waals surface area (Å²) in [4.78, 5) is 24.0. The van der Waals surface area contributed by atoms with E-state index in [2.05, 4.69) is 5.32 Å². The van der Waals surface area contributed by atoms with Crippen molar-refractivity contribution in [2.45, 2.75) is 46.0 Å². The molecule has 0 atom stereocenters. The number of hydrogen-bond donors (Lipinski definition) is 2. The van der Waals surface area contributed by atoms with Crippen molar-refractivity contribution >= 4 is 23.5 Å². The van der Waals surface area contributed by atoms with Crippen LogP contribution in [0.1, 0.15) is 53.6 Å². The van der Waals surface area contributed by atoms with Gasteiger partial charge in [-0.25, -0.2) is 0 Å². The monoisotopic (exact) mass is 323 g/mol. The van der Waals surface area contributed by atoms with Crippen molar-refractivity contribution in [3.63, 3.8) is 0 Å². The predicted molar refractivity (Wildman–Crippen MR) is 86.4 cm³/mol. The van der Waals surface area contributed by atoms with Crippen LogP contribution >= 0.6 is 11.6 Å². The zero-order valence-electron chi connectivity index (χ0n) is 13.0. The van der Waals surface area contributed by atoms with Gasteiger partial charge >= 0.3 is 5.97 Å². The minimum atomic E-state index is -0.833. The van der Waals surface area contributed by atoms with Gasteiger partial charge in [0.1, 0.15) is 0 Å². The maximum Gasteiger partial charge on any atom is 0.311 e. The van der Waals surface area contributed by atoms with E-state index in [1.807, 2.05) is 13.8 Å². The number of hydrogen-bond acceptors (Lipinski definition) is 2. The molecule has 1 saturated carbocycles. The Labute approximate surface area is 135 Å². The van der Waals surface area contributed by atoms with Crippen molar-refractivity contribution in [1.82, 2.24) is 5.32 Å². The van der Waals surface area contributed by atoms with Crippen LogP contribution in [0.4, 0.5) is 0 Å². The molecule has 0 spiro atoms. The second-order valence-corrected chi connectivity index (χ2v) is 6.65. The second-order valence-electron chi connectivity index (χ2n) is 6.25. The highest BCUT2D eigenvalue weighted by molar-refractivity contribution is 6.34. The third-order valence-electron chi connectivity index (χ3n) is 4.68. The molecule has 1 aromatic rings. The van der Waals surface area contributed by atoms with E-state index < -0.39 is 11.4 Å². The van der Waals surface area contributed by atoms with Gasteiger partial charge in [-0.2, -0.15) is 0 Å². The molecule has 120 valence electrons. The average Bonchev–Trinajstić information content (AvgIpc) is 2.49. The lowest BCUT2D eigenvalue weighted by atomic mass is 9.74. The Balaban J connectivity index is 2.12. The molecule has 0 bridgehead atoms. The number of aryl methyl sites for hydroxylation is 2. The van der Waals surface area contributed by atoms with Gasteiger partial charge in [-0.1, -0.05) is 30.9 Å². The fraction of sp³-hybridized carbons (Fsp3) is 0.529. The van der Waals surface area contributed by atoms with Gasteiger partial charge in [-0.15, -0.1) is 0 Å². The Bertz CT molecular complexity index is 592. The smallest absolute Gasteiger partial charge is 0.311 e. The molecule has 5 heteroatoms. The molecule has 0 aromatic heterocycles. The molecule has 1 amide bonds. The van der Waals surface area contributed by atoms with Crippen molar-refractivity contribution in [2.24, 2.45) is 5.41 Å². The number of carboxylic acid groups (broad SMARTS) is 1. The highest BCUT2D eigenvalue weighted by atomic mass is 35.5. The number of benzene rings is 1. The fourth-order valence-electron chi connectivity index (χ4n) is 2.99. The number of carbonyl (C=O) groups excluding carboxylic acids is 1. The van der Waals surface area contributed by atoms with Gasteiger partial charge in [0.15, 0.2) is 0 Å². The standard InChI is InChI=1S/C17H22ClNO3/c1-11-8-13(14(18)9-12(11)2)15(20)19-10-17(16(21)22)6-4-3-5-7-17/h8-9H,3-7,10H2,1-2H3,(H,19,20)(H,21,22). The molecule has 22 heavy (non-hydrogen) atoms. The topological polar surface area (TPSA) is 66.4 Å². The summed E-state index contributed by atoms with van der Waals surface area (Å²) in [5.41, 5.74) is 1.58. The van der Waals surface area contributed by atoms with Crippen molar-refractivity contribution < 1.29 is 14.7 Å². The largest absolute Gasteiger partial charge is 0.481 e. The fourth-order valence-corrected chi connectivity index (χ4v) is 3.30. The Morgan fingerprint density at radius 1 is 1.18 bits per heavy atom. The van der Waals surface area contributed by atoms with Crippen molar-refractivity contribution in [3.05, 3.63) is 33.8 Å². The van der Waals surface area contributed by atoms with Crippen LogP contribution in [0.15, 0.2) is 12.1 Å². The van der Waals surface area contributed by atoms with E-state index in [4.69, 9.17) is 11.6 Å². The average molecular weight is 324 g/mol. The van der Waals surface area contributed by atoms with Crippen LogP contribution < -0.4 is 5.32 Å². The quantitative estimate of drug-likeness (QED) is 0.887. The lowest BCUT2D eigenvalue weighted by molar-refractivity contribution is -0.150. The SMILES string of the molecule is Cc1cc(Cl)c(C(=O)NCC2(C(=O)O)CCCCC2)cc1C. The minimum absolute atomic E-state index is 0.157. The van der Waals surface area contributed by atoms with Crippen molar-refractivity contribution in [3.8, 4) is 0 Å². The van der Waals surface area contributed by atoms with Crippen LogP contribution in [0, 0.1) is 19.3 Å². The van der Waals surface area contributed by atoms with E-state index in [1.54, 1.807) is 12.1 Å². The molecule has 1 fully saturated rings. The van der Waals surface area contributed by atoms with Crippen LogP contribution in [0.3, 0.4) is 0 Å². The van der Waals surface area contributed by atoms with Crippen LogP contribution in [-0.2, 0) is 4.79 Å². The molecule has 4 nitrogen and oxygen atoms in total. The number of halogens is 1. The van der Waals surface area contributed by atoms with Gasteiger partial charge in [0.25, 0.3) is 5.91 Å². The third kappa shape index (κ3) is 3.43. The van der Waals surface area contributed by atoms with Gasteiger partial charge in [0, 0.05) is 6.54 Å². The Hall–Kier alpha value is -1.55. The molecule has 0 radical (unpaired) electrons. The first-order valence-corrected chi connectivity index (χ1v) is 8.02. The summed E-state index contributed by atoms with van der Waals surface area (Å²) in [5.74, 6) is -1.13. The molecule has 1 aliphatic carbocycles. The first-order chi connectivity index (χ1) is 10.4. The summed E-state index contributed by atoms with van der Waals surface area (Å²) in [6.07, 6.45) is 4.08. The molecule has 1 aliphatic rings. The Morgan fingerprint density at radius 2 is 1.77 bits per heavy atom. The summed E-state index contributed by atoms with van der Waals surface area (Å²) in [6.45, 7) is 4.01. The van der Waals surface area contributed by atoms with E-state index in [0.29, 0.717) is 23.4 Å². The van der Waals surface area contributed by atoms with Gasteiger partial charge in [0.2, 0.25) is 0 Å². The number of rotatable bonds is 4. The summed E-state index contributed by atoms with van der Waals surface area (Å²) in [6, 6.07) is 3.51. The van der Waals surface area contributed by atoms with E-state index in [9.17, 15) is 14.7 Å². The minimum Gasteiger partial charge on any atom is -0.481 e. The van der Waals surface area contributed by atoms with E-state index in [1.165, 1.54) is 0 Å². The molecular weight excluding hydrogens is 302 g/mol. The number of aliphatic carboxylic acids is 1. The predicted octanol–water partition coefficient (Wildman–Crippen LogP) is 3.72. The second kappa shape index (κ2) is 6.69. The Morgan fingerprint density at radius 3 is 2.36 bits per heavy atom. The highest BCUT2D eigenvalue weighted by Gasteiger charge is 2.39. The normalized spacial score (nSPS) is 17.0. The number of carboxylic acids is 1. The number of carbonyl (C=O) groups is 2. The molecule has 0 aliphatic heterocycles. The maximum atomic E-state index is 12.3. The molecule has 0 heterocycles. The molecular formula is C17H22ClNO3. The van der Waals surface area contributed by atoms with Crippen LogP contribution in [0.25, 0.3) is 0 Å². The lowest BCUT2D eigenvalue weighted by Crippen LogP contribution is -2.44. The molecule has 0 unspecified atom stereocenters. The summed E-state index contributed by atoms with van der Waals surface area (Å²) >= 11 is 6.14. The van der Waals surface area contributed by atoms with E-state index in [-0.39, 0.29) is 12.5 Å². The van der Waals surface area contributed by atoms with Crippen molar-refractivity contribution in [1.29, 1.82) is 0 Å².